The minimum Gasteiger partial charge on any atom is -0.288 e. The summed E-state index contributed by atoms with van der Waals surface area (Å²) in [6.07, 6.45) is 0. The smallest absolute Gasteiger partial charge is 0.244 e. The van der Waals surface area contributed by atoms with Gasteiger partial charge in [0.1, 0.15) is 0 Å². The molecule has 2 unspecified atom stereocenters. The summed E-state index contributed by atoms with van der Waals surface area (Å²) in [5.74, 6) is 0. The van der Waals surface area contributed by atoms with E-state index >= 15 is 0 Å². The average Bonchev–Trinajstić information content (AvgIpc) is 1.59. The first kappa shape index (κ1) is 10.2. The highest BCUT2D eigenvalue weighted by molar-refractivity contribution is 7.58. The van der Waals surface area contributed by atoms with Crippen LogP contribution in [0.15, 0.2) is 0 Å². The van der Waals surface area contributed by atoms with E-state index in [1.807, 2.05) is 20.8 Å². The molecular formula is C7H16FOP. The molecule has 62 valence electrons. The minimum atomic E-state index is -3.38. The van der Waals surface area contributed by atoms with Gasteiger partial charge in [0.15, 0.2) is 0 Å². The van der Waals surface area contributed by atoms with Crippen molar-refractivity contribution in [3.05, 3.63) is 0 Å². The maximum absolute atomic E-state index is 12.8. The molecule has 0 saturated heterocycles. The fourth-order valence-corrected chi connectivity index (χ4v) is 2.08. The van der Waals surface area contributed by atoms with E-state index in [0.717, 1.165) is 0 Å². The van der Waals surface area contributed by atoms with Gasteiger partial charge in [0.2, 0.25) is 7.45 Å². The summed E-state index contributed by atoms with van der Waals surface area (Å²) in [6.45, 7) is 8.58. The fraction of sp³-hybridized carbons (Fsp3) is 1.00. The molecule has 10 heavy (non-hydrogen) atoms. The molecule has 3 heteroatoms. The predicted octanol–water partition coefficient (Wildman–Crippen LogP) is 3.30. The molecule has 0 amide bonds. The van der Waals surface area contributed by atoms with Gasteiger partial charge in [0.25, 0.3) is 0 Å². The van der Waals surface area contributed by atoms with E-state index in [1.54, 1.807) is 6.92 Å². The molecule has 2 atom stereocenters. The van der Waals surface area contributed by atoms with Crippen molar-refractivity contribution in [3.63, 3.8) is 0 Å². The van der Waals surface area contributed by atoms with Crippen molar-refractivity contribution in [3.8, 4) is 0 Å². The first-order chi connectivity index (χ1) is 4.15. The molecule has 1 nitrogen and oxygen atoms in total. The molecular weight excluding hydrogens is 150 g/mol. The highest BCUT2D eigenvalue weighted by Crippen LogP contribution is 2.54. The Morgan fingerprint density at radius 2 is 1.70 bits per heavy atom. The highest BCUT2D eigenvalue weighted by Gasteiger charge is 2.33. The third kappa shape index (κ3) is 2.83. The van der Waals surface area contributed by atoms with Gasteiger partial charge < -0.3 is 0 Å². The van der Waals surface area contributed by atoms with Gasteiger partial charge in [0.05, 0.1) is 0 Å². The molecule has 0 aromatic carbocycles. The topological polar surface area (TPSA) is 17.1 Å². The van der Waals surface area contributed by atoms with Crippen molar-refractivity contribution in [1.29, 1.82) is 0 Å². The lowest BCUT2D eigenvalue weighted by atomic mass is 9.93. The number of hydrogen-bond donors (Lipinski definition) is 0. The zero-order valence-corrected chi connectivity index (χ0v) is 8.21. The molecule has 0 radical (unpaired) electrons. The van der Waals surface area contributed by atoms with Gasteiger partial charge in [-0.3, -0.25) is 4.57 Å². The summed E-state index contributed by atoms with van der Waals surface area (Å²) < 4.78 is 23.7. The monoisotopic (exact) mass is 166 g/mol. The molecule has 0 saturated carbocycles. The van der Waals surface area contributed by atoms with E-state index in [0.29, 0.717) is 0 Å². The van der Waals surface area contributed by atoms with Crippen molar-refractivity contribution in [2.24, 2.45) is 5.41 Å². The second-order valence-corrected chi connectivity index (χ2v) is 6.46. The average molecular weight is 166 g/mol. The van der Waals surface area contributed by atoms with Gasteiger partial charge in [-0.25, -0.2) is 0 Å². The lowest BCUT2D eigenvalue weighted by molar-refractivity contribution is 0.381. The molecule has 0 N–H and O–H groups in total. The Morgan fingerprint density at radius 3 is 1.70 bits per heavy atom. The van der Waals surface area contributed by atoms with Crippen LogP contribution in [0, 0.1) is 5.41 Å². The first-order valence-electron chi connectivity index (χ1n) is 3.42. The van der Waals surface area contributed by atoms with Gasteiger partial charge in [0, 0.05) is 12.3 Å². The molecule has 0 rings (SSSR count). The zero-order chi connectivity index (χ0) is 8.58. The van der Waals surface area contributed by atoms with Gasteiger partial charge in [-0.15, -0.1) is 0 Å². The molecule has 0 aromatic rings. The normalized spacial score (nSPS) is 21.8. The maximum atomic E-state index is 12.8. The molecule has 0 heterocycles. The molecule has 0 aliphatic carbocycles. The molecule has 0 bridgehead atoms. The number of rotatable bonds is 1. The molecule has 0 aliphatic heterocycles. The third-order valence-corrected chi connectivity index (χ3v) is 4.10. The Balaban J connectivity index is 4.39. The largest absolute Gasteiger partial charge is 0.288 e. The van der Waals surface area contributed by atoms with E-state index in [-0.39, 0.29) is 11.1 Å². The highest BCUT2D eigenvalue weighted by atomic mass is 31.2. The van der Waals surface area contributed by atoms with E-state index in [4.69, 9.17) is 0 Å². The number of hydrogen-bond acceptors (Lipinski definition) is 1. The van der Waals surface area contributed by atoms with Gasteiger partial charge in [-0.2, -0.15) is 4.20 Å². The van der Waals surface area contributed by atoms with Gasteiger partial charge in [-0.1, -0.05) is 27.7 Å². The molecule has 0 aromatic heterocycles. The summed E-state index contributed by atoms with van der Waals surface area (Å²) >= 11 is 0. The van der Waals surface area contributed by atoms with Crippen molar-refractivity contribution in [2.45, 2.75) is 33.4 Å². The van der Waals surface area contributed by atoms with Crippen molar-refractivity contribution in [1.82, 2.24) is 0 Å². The van der Waals surface area contributed by atoms with Gasteiger partial charge in [-0.05, 0) is 5.41 Å². The number of halogens is 1. The van der Waals surface area contributed by atoms with E-state index in [1.165, 1.54) is 6.66 Å². The van der Waals surface area contributed by atoms with Crippen molar-refractivity contribution < 1.29 is 8.76 Å². The standard InChI is InChI=1S/C7H16FOP/c1-6(7(2,3)4)10(5,8)9/h6H,1-5H3. The van der Waals surface area contributed by atoms with Crippen LogP contribution >= 0.6 is 7.45 Å². The van der Waals surface area contributed by atoms with Crippen LogP contribution in [0.5, 0.6) is 0 Å². The maximum Gasteiger partial charge on any atom is 0.244 e. The van der Waals surface area contributed by atoms with Gasteiger partial charge >= 0.3 is 0 Å². The van der Waals surface area contributed by atoms with Crippen molar-refractivity contribution >= 4 is 7.45 Å². The van der Waals surface area contributed by atoms with E-state index in [2.05, 4.69) is 0 Å². The Bertz CT molecular complexity index is 153. The summed E-state index contributed by atoms with van der Waals surface area (Å²) in [6, 6.07) is 0. The predicted molar refractivity (Wildman–Crippen MR) is 43.6 cm³/mol. The second kappa shape index (κ2) is 2.65. The quantitative estimate of drug-likeness (QED) is 0.546. The first-order valence-corrected chi connectivity index (χ1v) is 5.54. The van der Waals surface area contributed by atoms with Crippen molar-refractivity contribution in [2.75, 3.05) is 6.66 Å². The van der Waals surface area contributed by atoms with Crippen LogP contribution in [0.4, 0.5) is 4.20 Å². The SMILES string of the molecule is CC(C(C)(C)C)P(C)(=O)F. The summed E-state index contributed by atoms with van der Waals surface area (Å²) in [7, 11) is -3.38. The van der Waals surface area contributed by atoms with E-state index < -0.39 is 7.45 Å². The van der Waals surface area contributed by atoms with Crippen LogP contribution in [0.2, 0.25) is 0 Å². The summed E-state index contributed by atoms with van der Waals surface area (Å²) in [5.41, 5.74) is -0.543. The Kier molecular flexibility index (Phi) is 2.70. The molecule has 0 fully saturated rings. The lowest BCUT2D eigenvalue weighted by Crippen LogP contribution is -2.21. The second-order valence-electron chi connectivity index (χ2n) is 3.92. The van der Waals surface area contributed by atoms with Crippen LogP contribution in [0.3, 0.4) is 0 Å². The van der Waals surface area contributed by atoms with Crippen LogP contribution in [0.1, 0.15) is 27.7 Å². The summed E-state index contributed by atoms with van der Waals surface area (Å²) in [4.78, 5) is 0. The molecule has 0 aliphatic rings. The Labute approximate surface area is 62.5 Å². The molecule has 0 spiro atoms. The van der Waals surface area contributed by atoms with E-state index in [9.17, 15) is 8.76 Å². The summed E-state index contributed by atoms with van der Waals surface area (Å²) in [5, 5.41) is 0. The van der Waals surface area contributed by atoms with Crippen LogP contribution in [0.25, 0.3) is 0 Å². The van der Waals surface area contributed by atoms with Crippen LogP contribution in [-0.2, 0) is 4.57 Å². The Morgan fingerprint density at radius 1 is 1.40 bits per heavy atom. The lowest BCUT2D eigenvalue weighted by Gasteiger charge is -2.27. The minimum absolute atomic E-state index is 0.195. The zero-order valence-electron chi connectivity index (χ0n) is 7.31. The fourth-order valence-electron chi connectivity index (χ4n) is 0.692. The van der Waals surface area contributed by atoms with Crippen LogP contribution < -0.4 is 0 Å². The Hall–Kier alpha value is 0.160. The van der Waals surface area contributed by atoms with Crippen LogP contribution in [-0.4, -0.2) is 12.3 Å². The third-order valence-electron chi connectivity index (χ3n) is 1.95.